The second kappa shape index (κ2) is 9.56. The summed E-state index contributed by atoms with van der Waals surface area (Å²) in [5.74, 6) is 0.305. The normalized spacial score (nSPS) is 21.1. The van der Waals surface area contributed by atoms with E-state index in [1.807, 2.05) is 25.7 Å². The molecule has 186 valence electrons. The van der Waals surface area contributed by atoms with E-state index in [4.69, 9.17) is 9.47 Å². The van der Waals surface area contributed by atoms with Gasteiger partial charge in [-0.15, -0.1) is 4.40 Å². The Morgan fingerprint density at radius 3 is 2.32 bits per heavy atom. The topological polar surface area (TPSA) is 106 Å². The number of amidine groups is 1. The van der Waals surface area contributed by atoms with Crippen LogP contribution in [0.4, 0.5) is 4.79 Å². The van der Waals surface area contributed by atoms with Crippen molar-refractivity contribution >= 4 is 27.9 Å². The molecular weight excluding hydrogens is 458 g/mol. The summed E-state index contributed by atoms with van der Waals surface area (Å²) in [6.45, 7) is 8.22. The van der Waals surface area contributed by atoms with Crippen LogP contribution in [0.1, 0.15) is 52.0 Å². The molecule has 0 bridgehead atoms. The summed E-state index contributed by atoms with van der Waals surface area (Å²) < 4.78 is 39.7. The van der Waals surface area contributed by atoms with E-state index in [9.17, 15) is 18.0 Å². The van der Waals surface area contributed by atoms with Crippen molar-refractivity contribution in [1.29, 1.82) is 0 Å². The molecule has 2 saturated heterocycles. The van der Waals surface area contributed by atoms with Crippen LogP contribution >= 0.6 is 0 Å². The Bertz CT molecular complexity index is 1060. The van der Waals surface area contributed by atoms with E-state index in [-0.39, 0.29) is 28.8 Å². The van der Waals surface area contributed by atoms with Crippen LogP contribution in [0.15, 0.2) is 33.6 Å². The fraction of sp³-hybridized carbons (Fsp3) is 0.625. The number of amides is 1. The number of hydrogen-bond donors (Lipinski definition) is 0. The number of hydrogen-bond acceptors (Lipinski definition) is 7. The molecule has 4 rings (SSSR count). The summed E-state index contributed by atoms with van der Waals surface area (Å²) in [7, 11) is -3.65. The largest absolute Gasteiger partial charge is 0.465 e. The number of nitrogens with zero attached hydrogens (tertiary/aromatic N) is 3. The molecule has 0 aliphatic carbocycles. The summed E-state index contributed by atoms with van der Waals surface area (Å²) in [5, 5.41) is 0. The van der Waals surface area contributed by atoms with E-state index in [0.29, 0.717) is 57.0 Å². The highest BCUT2D eigenvalue weighted by Crippen LogP contribution is 2.30. The highest BCUT2D eigenvalue weighted by atomic mass is 32.2. The van der Waals surface area contributed by atoms with Gasteiger partial charge in [0.1, 0.15) is 10.5 Å². The number of ether oxygens (including phenoxy) is 2. The number of carbonyl (C=O) groups is 2. The van der Waals surface area contributed by atoms with Gasteiger partial charge in [0.25, 0.3) is 10.0 Å². The Kier molecular flexibility index (Phi) is 6.89. The third kappa shape index (κ3) is 5.54. The van der Waals surface area contributed by atoms with Crippen molar-refractivity contribution in [2.75, 3.05) is 32.8 Å². The molecule has 9 nitrogen and oxygen atoms in total. The van der Waals surface area contributed by atoms with E-state index >= 15 is 0 Å². The van der Waals surface area contributed by atoms with Gasteiger partial charge in [-0.25, -0.2) is 4.79 Å². The number of benzene rings is 1. The van der Waals surface area contributed by atoms with E-state index in [1.54, 1.807) is 29.2 Å². The summed E-state index contributed by atoms with van der Waals surface area (Å²) in [6, 6.07) is 6.84. The van der Waals surface area contributed by atoms with Crippen molar-refractivity contribution in [3.05, 3.63) is 29.8 Å². The zero-order valence-electron chi connectivity index (χ0n) is 20.0. The van der Waals surface area contributed by atoms with Gasteiger partial charge in [0.15, 0.2) is 5.84 Å². The molecule has 0 saturated carbocycles. The van der Waals surface area contributed by atoms with Crippen molar-refractivity contribution in [3.8, 4) is 0 Å². The second-order valence-corrected chi connectivity index (χ2v) is 11.8. The summed E-state index contributed by atoms with van der Waals surface area (Å²) >= 11 is 0. The van der Waals surface area contributed by atoms with Crippen molar-refractivity contribution in [2.45, 2.75) is 57.0 Å². The first-order valence-electron chi connectivity index (χ1n) is 11.9. The number of fused-ring (bicyclic) bond motifs is 1. The first-order chi connectivity index (χ1) is 16.0. The zero-order valence-corrected chi connectivity index (χ0v) is 20.8. The molecule has 1 amide bonds. The third-order valence-electron chi connectivity index (χ3n) is 6.47. The van der Waals surface area contributed by atoms with E-state index in [2.05, 4.69) is 4.40 Å². The van der Waals surface area contributed by atoms with Gasteiger partial charge in [-0.3, -0.25) is 4.79 Å². The fourth-order valence-electron chi connectivity index (χ4n) is 4.57. The summed E-state index contributed by atoms with van der Waals surface area (Å²) in [4.78, 5) is 28.7. The first-order valence-corrected chi connectivity index (χ1v) is 13.3. The number of carbonyl (C=O) groups excluding carboxylic acids is 2. The van der Waals surface area contributed by atoms with Crippen LogP contribution in [0.2, 0.25) is 0 Å². The first kappa shape index (κ1) is 24.5. The number of esters is 1. The minimum absolute atomic E-state index is 0.199. The number of rotatable bonds is 3. The number of piperidine rings is 2. The molecule has 0 N–H and O–H groups in total. The molecule has 1 aromatic rings. The second-order valence-electron chi connectivity index (χ2n) is 10.2. The third-order valence-corrected chi connectivity index (χ3v) is 7.79. The van der Waals surface area contributed by atoms with E-state index in [0.717, 1.165) is 12.8 Å². The average molecular weight is 492 g/mol. The smallest absolute Gasteiger partial charge is 0.410 e. The Morgan fingerprint density at radius 1 is 1.03 bits per heavy atom. The van der Waals surface area contributed by atoms with Gasteiger partial charge in [0.2, 0.25) is 0 Å². The SMILES string of the molecule is CC(C)(C)OC(=O)N1CCC(COC(=O)C2CCN(C3=NS(=O)(=O)c4ccccc43)CC2)CC1. The van der Waals surface area contributed by atoms with Crippen LogP contribution < -0.4 is 0 Å². The maximum atomic E-state index is 12.6. The molecule has 3 heterocycles. The van der Waals surface area contributed by atoms with Gasteiger partial charge >= 0.3 is 12.1 Å². The molecule has 10 heteroatoms. The lowest BCUT2D eigenvalue weighted by Crippen LogP contribution is -2.43. The van der Waals surface area contributed by atoms with Crippen LogP contribution in [0.3, 0.4) is 0 Å². The molecule has 0 aromatic heterocycles. The summed E-state index contributed by atoms with van der Waals surface area (Å²) in [5.41, 5.74) is 0.113. The van der Waals surface area contributed by atoms with Gasteiger partial charge in [-0.05, 0) is 64.5 Å². The highest BCUT2D eigenvalue weighted by molar-refractivity contribution is 7.90. The molecule has 34 heavy (non-hydrogen) atoms. The van der Waals surface area contributed by atoms with Gasteiger partial charge < -0.3 is 19.3 Å². The Hall–Kier alpha value is -2.62. The van der Waals surface area contributed by atoms with E-state index < -0.39 is 15.6 Å². The lowest BCUT2D eigenvalue weighted by atomic mass is 9.95. The number of likely N-dealkylation sites (tertiary alicyclic amines) is 2. The van der Waals surface area contributed by atoms with Crippen molar-refractivity contribution in [2.24, 2.45) is 16.2 Å². The molecule has 0 spiro atoms. The molecule has 3 aliphatic rings. The highest BCUT2D eigenvalue weighted by Gasteiger charge is 2.35. The minimum Gasteiger partial charge on any atom is -0.465 e. The van der Waals surface area contributed by atoms with Crippen molar-refractivity contribution < 1.29 is 27.5 Å². The maximum Gasteiger partial charge on any atom is 0.410 e. The van der Waals surface area contributed by atoms with Gasteiger partial charge in [0.05, 0.1) is 12.5 Å². The van der Waals surface area contributed by atoms with Gasteiger partial charge in [0, 0.05) is 31.7 Å². The standard InChI is InChI=1S/C24H33N3O6S/c1-24(2,3)33-23(29)27-12-8-17(9-13-27)16-32-22(28)18-10-14-26(15-11-18)21-19-6-4-5-7-20(19)34(30,31)25-21/h4-7,17-18H,8-16H2,1-3H3. The summed E-state index contributed by atoms with van der Waals surface area (Å²) in [6.07, 6.45) is 2.45. The van der Waals surface area contributed by atoms with Crippen LogP contribution in [0.25, 0.3) is 0 Å². The Balaban J connectivity index is 1.22. The zero-order chi connectivity index (χ0) is 24.5. The molecule has 0 unspecified atom stereocenters. The maximum absolute atomic E-state index is 12.6. The van der Waals surface area contributed by atoms with Crippen molar-refractivity contribution in [3.63, 3.8) is 0 Å². The Labute approximate surface area is 201 Å². The van der Waals surface area contributed by atoms with Crippen LogP contribution in [0, 0.1) is 11.8 Å². The van der Waals surface area contributed by atoms with Gasteiger partial charge in [-0.1, -0.05) is 12.1 Å². The monoisotopic (exact) mass is 491 g/mol. The average Bonchev–Trinajstić information content (AvgIpc) is 3.08. The number of sulfonamides is 1. The lowest BCUT2D eigenvalue weighted by molar-refractivity contribution is -0.151. The molecule has 0 atom stereocenters. The van der Waals surface area contributed by atoms with Crippen LogP contribution in [-0.2, 0) is 24.3 Å². The van der Waals surface area contributed by atoms with Crippen molar-refractivity contribution in [1.82, 2.24) is 9.80 Å². The molecule has 1 aromatic carbocycles. The Morgan fingerprint density at radius 2 is 1.68 bits per heavy atom. The van der Waals surface area contributed by atoms with Gasteiger partial charge in [-0.2, -0.15) is 8.42 Å². The predicted octanol–water partition coefficient (Wildman–Crippen LogP) is 3.04. The quantitative estimate of drug-likeness (QED) is 0.599. The fourth-order valence-corrected chi connectivity index (χ4v) is 5.80. The minimum atomic E-state index is -3.65. The molecule has 0 radical (unpaired) electrons. The van der Waals surface area contributed by atoms with Crippen LogP contribution in [0.5, 0.6) is 0 Å². The molecule has 2 fully saturated rings. The molecular formula is C24H33N3O6S. The van der Waals surface area contributed by atoms with E-state index in [1.165, 1.54) is 0 Å². The molecule has 3 aliphatic heterocycles. The lowest BCUT2D eigenvalue weighted by Gasteiger charge is -2.34. The van der Waals surface area contributed by atoms with Crippen LogP contribution in [-0.4, -0.2) is 74.5 Å². The predicted molar refractivity (Wildman–Crippen MR) is 126 cm³/mol.